The fourth-order valence-corrected chi connectivity index (χ4v) is 3.37. The molecule has 29 heavy (non-hydrogen) atoms. The molecule has 0 radical (unpaired) electrons. The number of rotatable bonds is 4. The molecule has 0 spiro atoms. The van der Waals surface area contributed by atoms with E-state index in [2.05, 4.69) is 4.98 Å². The number of fused-ring (bicyclic) bond motifs is 1. The molecule has 6 heteroatoms. The monoisotopic (exact) mass is 392 g/mol. The largest absolute Gasteiger partial charge is 0.465 e. The Bertz CT molecular complexity index is 1120. The van der Waals surface area contributed by atoms with Crippen LogP contribution in [-0.2, 0) is 9.47 Å². The summed E-state index contributed by atoms with van der Waals surface area (Å²) < 4.78 is 10.0. The standard InChI is InChI=1S/C23H24N2O4/c1-13-9-16-11-18(22(26)28-5)21(23(27)29-6)20(17(16)10-14(13)2)15-7-8-24-19(12-15)25(3)4/h7-12H,1-6H3. The number of hydrogen-bond acceptors (Lipinski definition) is 6. The predicted molar refractivity (Wildman–Crippen MR) is 114 cm³/mol. The Morgan fingerprint density at radius 3 is 2.21 bits per heavy atom. The Hall–Kier alpha value is -3.41. The van der Waals surface area contributed by atoms with Gasteiger partial charge in [-0.3, -0.25) is 0 Å². The van der Waals surface area contributed by atoms with Crippen LogP contribution < -0.4 is 4.90 Å². The predicted octanol–water partition coefficient (Wildman–Crippen LogP) is 4.16. The quantitative estimate of drug-likeness (QED) is 0.621. The Kier molecular flexibility index (Phi) is 5.55. The summed E-state index contributed by atoms with van der Waals surface area (Å²) in [6, 6.07) is 9.44. The maximum Gasteiger partial charge on any atom is 0.339 e. The van der Waals surface area contributed by atoms with Gasteiger partial charge in [0.25, 0.3) is 0 Å². The number of aromatic nitrogens is 1. The highest BCUT2D eigenvalue weighted by atomic mass is 16.5. The molecule has 0 aliphatic heterocycles. The normalized spacial score (nSPS) is 10.7. The molecule has 0 saturated carbocycles. The Morgan fingerprint density at radius 1 is 0.931 bits per heavy atom. The van der Waals surface area contributed by atoms with E-state index >= 15 is 0 Å². The van der Waals surface area contributed by atoms with Gasteiger partial charge in [0.1, 0.15) is 5.82 Å². The van der Waals surface area contributed by atoms with Gasteiger partial charge in [-0.15, -0.1) is 0 Å². The molecule has 2 aromatic carbocycles. The van der Waals surface area contributed by atoms with E-state index in [4.69, 9.17) is 9.47 Å². The van der Waals surface area contributed by atoms with Crippen molar-refractivity contribution < 1.29 is 19.1 Å². The smallest absolute Gasteiger partial charge is 0.339 e. The minimum Gasteiger partial charge on any atom is -0.465 e. The molecule has 0 atom stereocenters. The van der Waals surface area contributed by atoms with E-state index in [1.807, 2.05) is 57.1 Å². The first kappa shape index (κ1) is 20.3. The highest BCUT2D eigenvalue weighted by Gasteiger charge is 2.26. The van der Waals surface area contributed by atoms with Crippen molar-refractivity contribution in [3.63, 3.8) is 0 Å². The lowest BCUT2D eigenvalue weighted by molar-refractivity contribution is 0.0556. The fraction of sp³-hybridized carbons (Fsp3) is 0.261. The van der Waals surface area contributed by atoms with Crippen molar-refractivity contribution in [1.29, 1.82) is 0 Å². The van der Waals surface area contributed by atoms with E-state index in [-0.39, 0.29) is 11.1 Å². The van der Waals surface area contributed by atoms with Gasteiger partial charge in [0.2, 0.25) is 0 Å². The van der Waals surface area contributed by atoms with Crippen molar-refractivity contribution >= 4 is 28.5 Å². The molecule has 6 nitrogen and oxygen atoms in total. The topological polar surface area (TPSA) is 68.7 Å². The number of nitrogens with zero attached hydrogens (tertiary/aromatic N) is 2. The number of carbonyl (C=O) groups is 2. The molecule has 0 aliphatic carbocycles. The summed E-state index contributed by atoms with van der Waals surface area (Å²) in [5, 5.41) is 1.71. The lowest BCUT2D eigenvalue weighted by Crippen LogP contribution is -2.14. The third-order valence-electron chi connectivity index (χ3n) is 5.04. The van der Waals surface area contributed by atoms with Gasteiger partial charge in [0.15, 0.2) is 0 Å². The van der Waals surface area contributed by atoms with Crippen LogP contribution in [0.5, 0.6) is 0 Å². The summed E-state index contributed by atoms with van der Waals surface area (Å²) in [5.41, 5.74) is 3.93. The number of esters is 2. The second-order valence-corrected chi connectivity index (χ2v) is 7.11. The van der Waals surface area contributed by atoms with Gasteiger partial charge < -0.3 is 14.4 Å². The van der Waals surface area contributed by atoms with Crippen LogP contribution in [0.3, 0.4) is 0 Å². The van der Waals surface area contributed by atoms with Gasteiger partial charge in [0, 0.05) is 25.9 Å². The number of carbonyl (C=O) groups excluding carboxylic acids is 2. The second-order valence-electron chi connectivity index (χ2n) is 7.11. The molecule has 3 rings (SSSR count). The Balaban J connectivity index is 2.53. The molecule has 3 aromatic rings. The molecule has 150 valence electrons. The van der Waals surface area contributed by atoms with Crippen molar-refractivity contribution in [2.45, 2.75) is 13.8 Å². The molecule has 1 heterocycles. The van der Waals surface area contributed by atoms with Crippen LogP contribution >= 0.6 is 0 Å². The number of aryl methyl sites for hydroxylation is 2. The van der Waals surface area contributed by atoms with Crippen molar-refractivity contribution in [3.05, 3.63) is 58.8 Å². The molecule has 0 fully saturated rings. The van der Waals surface area contributed by atoms with Crippen LogP contribution in [0.15, 0.2) is 36.5 Å². The molecule has 0 aliphatic rings. The SMILES string of the molecule is COC(=O)c1cc2cc(C)c(C)cc2c(-c2ccnc(N(C)C)c2)c1C(=O)OC. The Morgan fingerprint density at radius 2 is 1.59 bits per heavy atom. The molecule has 1 aromatic heterocycles. The minimum absolute atomic E-state index is 0.174. The zero-order valence-corrected chi connectivity index (χ0v) is 17.5. The maximum atomic E-state index is 12.8. The van der Waals surface area contributed by atoms with Crippen molar-refractivity contribution in [2.24, 2.45) is 0 Å². The van der Waals surface area contributed by atoms with E-state index in [0.29, 0.717) is 5.56 Å². The highest BCUT2D eigenvalue weighted by Crippen LogP contribution is 2.37. The first-order valence-electron chi connectivity index (χ1n) is 9.16. The third kappa shape index (κ3) is 3.66. The van der Waals surface area contributed by atoms with Gasteiger partial charge in [-0.1, -0.05) is 12.1 Å². The number of pyridine rings is 1. The first-order valence-corrected chi connectivity index (χ1v) is 9.16. The van der Waals surface area contributed by atoms with Crippen LogP contribution in [0, 0.1) is 13.8 Å². The van der Waals surface area contributed by atoms with Crippen LogP contribution in [0.4, 0.5) is 5.82 Å². The molecule has 0 bridgehead atoms. The number of ether oxygens (including phenoxy) is 2. The number of benzene rings is 2. The summed E-state index contributed by atoms with van der Waals surface area (Å²) in [6.45, 7) is 4.03. The van der Waals surface area contributed by atoms with Crippen LogP contribution in [0.1, 0.15) is 31.8 Å². The van der Waals surface area contributed by atoms with Gasteiger partial charge in [-0.05, 0) is 59.5 Å². The van der Waals surface area contributed by atoms with Crippen LogP contribution in [-0.4, -0.2) is 45.2 Å². The van der Waals surface area contributed by atoms with E-state index in [1.54, 1.807) is 12.3 Å². The molecule has 0 saturated heterocycles. The van der Waals surface area contributed by atoms with Gasteiger partial charge >= 0.3 is 11.9 Å². The van der Waals surface area contributed by atoms with Crippen molar-refractivity contribution in [1.82, 2.24) is 4.98 Å². The Labute approximate surface area is 170 Å². The number of hydrogen-bond donors (Lipinski definition) is 0. The molecule has 0 unspecified atom stereocenters. The summed E-state index contributed by atoms with van der Waals surface area (Å²) in [6.07, 6.45) is 1.68. The maximum absolute atomic E-state index is 12.8. The van der Waals surface area contributed by atoms with Crippen LogP contribution in [0.25, 0.3) is 21.9 Å². The third-order valence-corrected chi connectivity index (χ3v) is 5.04. The lowest BCUT2D eigenvalue weighted by atomic mass is 9.88. The van der Waals surface area contributed by atoms with Crippen molar-refractivity contribution in [2.75, 3.05) is 33.2 Å². The first-order chi connectivity index (χ1) is 13.8. The highest BCUT2D eigenvalue weighted by molar-refractivity contribution is 6.15. The summed E-state index contributed by atoms with van der Waals surface area (Å²) in [5.74, 6) is -0.448. The zero-order chi connectivity index (χ0) is 21.3. The summed E-state index contributed by atoms with van der Waals surface area (Å²) in [7, 11) is 6.38. The zero-order valence-electron chi connectivity index (χ0n) is 17.5. The van der Waals surface area contributed by atoms with Crippen LogP contribution in [0.2, 0.25) is 0 Å². The molecule has 0 N–H and O–H groups in total. The van der Waals surface area contributed by atoms with Crippen molar-refractivity contribution in [3.8, 4) is 11.1 Å². The molecular formula is C23H24N2O4. The average molecular weight is 392 g/mol. The van der Waals surface area contributed by atoms with E-state index in [1.165, 1.54) is 14.2 Å². The second kappa shape index (κ2) is 7.91. The number of anilines is 1. The van der Waals surface area contributed by atoms with Gasteiger partial charge in [0.05, 0.1) is 25.3 Å². The van der Waals surface area contributed by atoms with E-state index in [9.17, 15) is 9.59 Å². The van der Waals surface area contributed by atoms with Gasteiger partial charge in [-0.25, -0.2) is 14.6 Å². The minimum atomic E-state index is -0.594. The molecule has 0 amide bonds. The fourth-order valence-electron chi connectivity index (χ4n) is 3.37. The van der Waals surface area contributed by atoms with Gasteiger partial charge in [-0.2, -0.15) is 0 Å². The lowest BCUT2D eigenvalue weighted by Gasteiger charge is -2.18. The van der Waals surface area contributed by atoms with E-state index in [0.717, 1.165) is 33.3 Å². The number of methoxy groups -OCH3 is 2. The van der Waals surface area contributed by atoms with E-state index < -0.39 is 11.9 Å². The summed E-state index contributed by atoms with van der Waals surface area (Å²) in [4.78, 5) is 31.6. The summed E-state index contributed by atoms with van der Waals surface area (Å²) >= 11 is 0. The molecular weight excluding hydrogens is 368 g/mol. The average Bonchev–Trinajstić information content (AvgIpc) is 2.72.